The van der Waals surface area contributed by atoms with Crippen molar-refractivity contribution >= 4 is 17.4 Å². The first-order chi connectivity index (χ1) is 9.87. The maximum Gasteiger partial charge on any atom is 0.179 e. The highest BCUT2D eigenvalue weighted by Gasteiger charge is 2.27. The van der Waals surface area contributed by atoms with E-state index in [1.807, 2.05) is 12.1 Å². The summed E-state index contributed by atoms with van der Waals surface area (Å²) in [6.45, 7) is 5.32. The van der Waals surface area contributed by atoms with Crippen LogP contribution in [0.4, 0.5) is 5.82 Å². The minimum atomic E-state index is -0.0597. The van der Waals surface area contributed by atoms with Crippen molar-refractivity contribution in [2.45, 2.75) is 13.8 Å². The minimum Gasteiger partial charge on any atom is -0.489 e. The molecule has 1 aromatic heterocycles. The van der Waals surface area contributed by atoms with Gasteiger partial charge in [-0.25, -0.2) is 0 Å². The highest BCUT2D eigenvalue weighted by atomic mass is 35.5. The maximum absolute atomic E-state index is 6.35. The van der Waals surface area contributed by atoms with E-state index in [1.54, 1.807) is 17.9 Å². The molecule has 21 heavy (non-hydrogen) atoms. The van der Waals surface area contributed by atoms with Gasteiger partial charge in [0.25, 0.3) is 0 Å². The van der Waals surface area contributed by atoms with Crippen molar-refractivity contribution in [3.05, 3.63) is 23.4 Å². The van der Waals surface area contributed by atoms with Crippen LogP contribution in [0.5, 0.6) is 11.5 Å². The number of nitrogens with two attached hydrogens (primary N) is 1. The molecular weight excluding hydrogens is 290 g/mol. The molecule has 1 aliphatic rings. The molecule has 0 radical (unpaired) electrons. The lowest BCUT2D eigenvalue weighted by Gasteiger charge is -2.19. The number of anilines is 1. The summed E-state index contributed by atoms with van der Waals surface area (Å²) >= 11 is 6.35. The normalized spacial score (nSPS) is 16.6. The lowest BCUT2D eigenvalue weighted by atomic mass is 9.97. The van der Waals surface area contributed by atoms with Crippen LogP contribution in [0.3, 0.4) is 0 Å². The summed E-state index contributed by atoms with van der Waals surface area (Å²) in [5.74, 6) is 1.82. The zero-order valence-electron chi connectivity index (χ0n) is 12.3. The highest BCUT2D eigenvalue weighted by Crippen LogP contribution is 2.43. The Morgan fingerprint density at radius 1 is 1.29 bits per heavy atom. The van der Waals surface area contributed by atoms with Gasteiger partial charge in [-0.05, 0) is 17.7 Å². The fraction of sp³-hybridized carbons (Fsp3) is 0.400. The summed E-state index contributed by atoms with van der Waals surface area (Å²) in [6, 6.07) is 3.73. The highest BCUT2D eigenvalue weighted by molar-refractivity contribution is 6.32. The van der Waals surface area contributed by atoms with E-state index in [-0.39, 0.29) is 5.41 Å². The molecule has 0 spiro atoms. The zero-order chi connectivity index (χ0) is 15.2. The first-order valence-corrected chi connectivity index (χ1v) is 7.12. The van der Waals surface area contributed by atoms with E-state index in [9.17, 15) is 0 Å². The molecule has 0 atom stereocenters. The predicted octanol–water partition coefficient (Wildman–Crippen LogP) is 3.12. The molecular formula is C15H18ClN3O2. The molecule has 6 heteroatoms. The molecule has 0 saturated heterocycles. The molecule has 0 bridgehead atoms. The van der Waals surface area contributed by atoms with Gasteiger partial charge in [0.2, 0.25) is 0 Å². The van der Waals surface area contributed by atoms with Gasteiger partial charge in [-0.1, -0.05) is 25.4 Å². The second-order valence-corrected chi connectivity index (χ2v) is 6.50. The van der Waals surface area contributed by atoms with Gasteiger partial charge in [-0.15, -0.1) is 0 Å². The van der Waals surface area contributed by atoms with Crippen LogP contribution >= 0.6 is 11.6 Å². The van der Waals surface area contributed by atoms with Crippen LogP contribution in [0.25, 0.3) is 11.1 Å². The summed E-state index contributed by atoms with van der Waals surface area (Å²) in [4.78, 5) is 0. The minimum absolute atomic E-state index is 0.0597. The number of nitrogens with zero attached hydrogens (tertiary/aromatic N) is 2. The van der Waals surface area contributed by atoms with Gasteiger partial charge in [-0.2, -0.15) is 5.10 Å². The van der Waals surface area contributed by atoms with Crippen molar-refractivity contribution in [2.24, 2.45) is 12.5 Å². The van der Waals surface area contributed by atoms with Gasteiger partial charge in [0, 0.05) is 18.0 Å². The average Bonchev–Trinajstić information content (AvgIpc) is 2.65. The number of nitrogen functional groups attached to an aromatic ring is 1. The number of ether oxygens (including phenoxy) is 2. The van der Waals surface area contributed by atoms with E-state index >= 15 is 0 Å². The molecule has 2 heterocycles. The van der Waals surface area contributed by atoms with Gasteiger partial charge in [0.1, 0.15) is 5.82 Å². The Labute approximate surface area is 128 Å². The van der Waals surface area contributed by atoms with Crippen LogP contribution in [-0.2, 0) is 7.05 Å². The van der Waals surface area contributed by atoms with Gasteiger partial charge in [0.05, 0.1) is 24.4 Å². The van der Waals surface area contributed by atoms with Crippen LogP contribution in [-0.4, -0.2) is 23.0 Å². The number of aryl methyl sites for hydroxylation is 1. The fourth-order valence-corrected chi connectivity index (χ4v) is 2.49. The van der Waals surface area contributed by atoms with Gasteiger partial charge < -0.3 is 15.2 Å². The Kier molecular flexibility index (Phi) is 3.24. The Morgan fingerprint density at radius 3 is 2.67 bits per heavy atom. The monoisotopic (exact) mass is 307 g/mol. The molecule has 1 aromatic carbocycles. The summed E-state index contributed by atoms with van der Waals surface area (Å²) in [5, 5.41) is 4.67. The van der Waals surface area contributed by atoms with E-state index < -0.39 is 0 Å². The lowest BCUT2D eigenvalue weighted by molar-refractivity contribution is 0.140. The third kappa shape index (κ3) is 2.53. The smallest absolute Gasteiger partial charge is 0.179 e. The summed E-state index contributed by atoms with van der Waals surface area (Å²) in [6.07, 6.45) is 1.72. The van der Waals surface area contributed by atoms with Crippen molar-refractivity contribution in [3.63, 3.8) is 0 Å². The standard InChI is InChI=1S/C15H18ClN3O2/c1-15(2)7-20-12-5-9(4-11(16)13(12)21-8-15)10-6-18-19(3)14(10)17/h4-6H,7-8,17H2,1-3H3. The number of aromatic nitrogens is 2. The summed E-state index contributed by atoms with van der Waals surface area (Å²) < 4.78 is 13.3. The largest absolute Gasteiger partial charge is 0.489 e. The molecule has 0 amide bonds. The number of halogens is 1. The number of fused-ring (bicyclic) bond motifs is 1. The first-order valence-electron chi connectivity index (χ1n) is 6.74. The van der Waals surface area contributed by atoms with Crippen LogP contribution in [0.15, 0.2) is 18.3 Å². The molecule has 0 unspecified atom stereocenters. The Morgan fingerprint density at radius 2 is 2.00 bits per heavy atom. The van der Waals surface area contributed by atoms with E-state index in [4.69, 9.17) is 26.8 Å². The zero-order valence-corrected chi connectivity index (χ0v) is 13.1. The molecule has 112 valence electrons. The van der Waals surface area contributed by atoms with Gasteiger partial charge >= 0.3 is 0 Å². The fourth-order valence-electron chi connectivity index (χ4n) is 2.22. The number of hydrogen-bond acceptors (Lipinski definition) is 4. The molecule has 2 N–H and O–H groups in total. The van der Waals surface area contributed by atoms with E-state index in [2.05, 4.69) is 18.9 Å². The number of rotatable bonds is 1. The van der Waals surface area contributed by atoms with Crippen molar-refractivity contribution in [1.29, 1.82) is 0 Å². The van der Waals surface area contributed by atoms with Crippen LogP contribution in [0.1, 0.15) is 13.8 Å². The molecule has 1 aliphatic heterocycles. The predicted molar refractivity (Wildman–Crippen MR) is 82.8 cm³/mol. The van der Waals surface area contributed by atoms with Crippen molar-refractivity contribution in [1.82, 2.24) is 9.78 Å². The summed E-state index contributed by atoms with van der Waals surface area (Å²) in [5.41, 5.74) is 7.66. The van der Waals surface area contributed by atoms with Crippen molar-refractivity contribution < 1.29 is 9.47 Å². The second-order valence-electron chi connectivity index (χ2n) is 6.09. The molecule has 0 saturated carbocycles. The van der Waals surface area contributed by atoms with Crippen LogP contribution in [0, 0.1) is 5.41 Å². The van der Waals surface area contributed by atoms with Gasteiger partial charge in [-0.3, -0.25) is 4.68 Å². The average molecular weight is 308 g/mol. The van der Waals surface area contributed by atoms with Crippen molar-refractivity contribution in [2.75, 3.05) is 18.9 Å². The Hall–Kier alpha value is -1.88. The van der Waals surface area contributed by atoms with E-state index in [0.29, 0.717) is 35.6 Å². The summed E-state index contributed by atoms with van der Waals surface area (Å²) in [7, 11) is 1.80. The second kappa shape index (κ2) is 4.84. The van der Waals surface area contributed by atoms with Gasteiger partial charge in [0.15, 0.2) is 11.5 Å². The Bertz CT molecular complexity index is 694. The third-order valence-corrected chi connectivity index (χ3v) is 3.81. The van der Waals surface area contributed by atoms with E-state index in [0.717, 1.165) is 11.1 Å². The first kappa shape index (κ1) is 14.1. The van der Waals surface area contributed by atoms with Crippen LogP contribution in [0.2, 0.25) is 5.02 Å². The van der Waals surface area contributed by atoms with Crippen molar-refractivity contribution in [3.8, 4) is 22.6 Å². The Balaban J connectivity index is 2.06. The van der Waals surface area contributed by atoms with E-state index in [1.165, 1.54) is 0 Å². The molecule has 0 fully saturated rings. The SMILES string of the molecule is Cn1ncc(-c2cc(Cl)c3c(c2)OCC(C)(C)CO3)c1N. The van der Waals surface area contributed by atoms with Crippen LogP contribution < -0.4 is 15.2 Å². The maximum atomic E-state index is 6.35. The molecule has 0 aliphatic carbocycles. The third-order valence-electron chi connectivity index (χ3n) is 3.53. The topological polar surface area (TPSA) is 62.3 Å². The molecule has 2 aromatic rings. The molecule has 5 nitrogen and oxygen atoms in total. The quantitative estimate of drug-likeness (QED) is 0.879. The number of benzene rings is 1. The molecule has 3 rings (SSSR count). The number of hydrogen-bond donors (Lipinski definition) is 1. The lowest BCUT2D eigenvalue weighted by Crippen LogP contribution is -2.26.